The van der Waals surface area contributed by atoms with E-state index in [0.29, 0.717) is 55.2 Å². The third kappa shape index (κ3) is 5.41. The second-order valence-electron chi connectivity index (χ2n) is 10.0. The average molecular weight is 563 g/mol. The number of carbonyl (C=O) groups is 2. The minimum absolute atomic E-state index is 0.0160. The van der Waals surface area contributed by atoms with E-state index in [9.17, 15) is 24.8 Å². The molecule has 2 aliphatic rings. The molecule has 2 aromatic carbocycles. The van der Waals surface area contributed by atoms with Gasteiger partial charge in [-0.2, -0.15) is 0 Å². The number of fused-ring (bicyclic) bond motifs is 1. The number of ether oxygens (including phenoxy) is 1. The molecule has 0 aliphatic carbocycles. The summed E-state index contributed by atoms with van der Waals surface area (Å²) in [5.41, 5.74) is 0.304. The zero-order valence-electron chi connectivity index (χ0n) is 22.4. The van der Waals surface area contributed by atoms with Gasteiger partial charge in [0.2, 0.25) is 0 Å². The summed E-state index contributed by atoms with van der Waals surface area (Å²) in [6.07, 6.45) is 5.79. The zero-order valence-corrected chi connectivity index (χ0v) is 22.4. The summed E-state index contributed by atoms with van der Waals surface area (Å²) in [6.45, 7) is 2.97. The van der Waals surface area contributed by atoms with Crippen molar-refractivity contribution < 1.29 is 29.5 Å². The number of non-ortho nitro benzene ring substituents is 1. The Morgan fingerprint density at radius 1 is 1.24 bits per heavy atom. The van der Waals surface area contributed by atoms with Crippen molar-refractivity contribution in [2.24, 2.45) is 5.92 Å². The first kappa shape index (κ1) is 27.9. The second kappa shape index (κ2) is 11.5. The predicted octanol–water partition coefficient (Wildman–Crippen LogP) is 2.69. The molecule has 0 saturated carbocycles. The van der Waals surface area contributed by atoms with E-state index in [1.165, 1.54) is 28.0 Å². The molecule has 0 unspecified atom stereocenters. The molecule has 13 nitrogen and oxygen atoms in total. The van der Waals surface area contributed by atoms with Gasteiger partial charge in [0.05, 0.1) is 29.4 Å². The quantitative estimate of drug-likeness (QED) is 0.203. The first-order valence-electron chi connectivity index (χ1n) is 13.3. The van der Waals surface area contributed by atoms with E-state index in [1.54, 1.807) is 48.1 Å². The molecule has 3 heterocycles. The van der Waals surface area contributed by atoms with Gasteiger partial charge in [0.1, 0.15) is 6.61 Å². The van der Waals surface area contributed by atoms with Gasteiger partial charge in [0.25, 0.3) is 11.6 Å². The molecule has 0 spiro atoms. The van der Waals surface area contributed by atoms with Crippen LogP contribution in [-0.2, 0) is 34.6 Å². The maximum absolute atomic E-state index is 13.9. The van der Waals surface area contributed by atoms with Gasteiger partial charge in [-0.1, -0.05) is 36.4 Å². The largest absolute Gasteiger partial charge is 0.447 e. The third-order valence-electron chi connectivity index (χ3n) is 7.35. The number of aryl methyl sites for hydroxylation is 1. The van der Waals surface area contributed by atoms with Crippen molar-refractivity contribution in [1.29, 1.82) is 0 Å². The van der Waals surface area contributed by atoms with Crippen molar-refractivity contribution in [2.45, 2.75) is 38.5 Å². The van der Waals surface area contributed by atoms with E-state index in [0.717, 1.165) is 0 Å². The summed E-state index contributed by atoms with van der Waals surface area (Å²) in [5.74, 6) is -1.31. The first-order chi connectivity index (χ1) is 19.7. The fraction of sp³-hybridized carbons (Fsp3) is 0.357. The summed E-state index contributed by atoms with van der Waals surface area (Å²) in [6, 6.07) is 11.2. The number of benzene rings is 2. The first-order valence-corrected chi connectivity index (χ1v) is 13.3. The highest BCUT2D eigenvalue weighted by Crippen LogP contribution is 2.47. The number of amides is 2. The van der Waals surface area contributed by atoms with Gasteiger partial charge in [-0.3, -0.25) is 24.5 Å². The highest BCUT2D eigenvalue weighted by molar-refractivity contribution is 6.07. The smallest absolute Gasteiger partial charge is 0.414 e. The highest BCUT2D eigenvalue weighted by Gasteiger charge is 2.53. The molecular weight excluding hydrogens is 532 g/mol. The number of anilines is 2. The molecule has 3 aromatic rings. The van der Waals surface area contributed by atoms with Gasteiger partial charge in [-0.15, -0.1) is 5.10 Å². The fourth-order valence-electron chi connectivity index (χ4n) is 5.16. The van der Waals surface area contributed by atoms with Crippen LogP contribution in [0, 0.1) is 16.0 Å². The van der Waals surface area contributed by atoms with E-state index < -0.39 is 28.4 Å². The minimum atomic E-state index is -2.03. The molecule has 214 valence electrons. The molecule has 1 fully saturated rings. The molecule has 13 heteroatoms. The number of hydrogen-bond acceptors (Lipinski definition) is 9. The van der Waals surface area contributed by atoms with E-state index >= 15 is 0 Å². The normalized spacial score (nSPS) is 19.2. The van der Waals surface area contributed by atoms with Crippen molar-refractivity contribution in [2.75, 3.05) is 29.6 Å². The minimum Gasteiger partial charge on any atom is -0.447 e. The maximum Gasteiger partial charge on any atom is 0.414 e. The summed E-state index contributed by atoms with van der Waals surface area (Å²) in [7, 11) is 0. The van der Waals surface area contributed by atoms with Crippen LogP contribution in [0.1, 0.15) is 30.2 Å². The van der Waals surface area contributed by atoms with Gasteiger partial charge in [0, 0.05) is 55.1 Å². The summed E-state index contributed by atoms with van der Waals surface area (Å²) in [5, 5.41) is 40.5. The molecular formula is C28H30N6O7. The fourth-order valence-corrected chi connectivity index (χ4v) is 5.16. The van der Waals surface area contributed by atoms with Crippen molar-refractivity contribution >= 4 is 29.1 Å². The third-order valence-corrected chi connectivity index (χ3v) is 7.35. The number of carbonyl (C=O) groups excluding carboxylic acids is 2. The zero-order chi connectivity index (χ0) is 29.1. The van der Waals surface area contributed by atoms with Crippen LogP contribution in [0.4, 0.5) is 21.9 Å². The summed E-state index contributed by atoms with van der Waals surface area (Å²) in [4.78, 5) is 39.8. The number of nitro benzene ring substituents is 1. The molecule has 1 saturated heterocycles. The molecule has 2 N–H and O–H groups in total. The number of aliphatic hydroxyl groups is 2. The van der Waals surface area contributed by atoms with Crippen LogP contribution in [-0.4, -0.2) is 61.9 Å². The Morgan fingerprint density at radius 3 is 2.80 bits per heavy atom. The summed E-state index contributed by atoms with van der Waals surface area (Å²) >= 11 is 0. The Hall–Kier alpha value is -4.62. The van der Waals surface area contributed by atoms with Gasteiger partial charge in [-0.05, 0) is 30.2 Å². The number of nitrogens with zero attached hydrogens (tertiary/aromatic N) is 6. The lowest BCUT2D eigenvalue weighted by Gasteiger charge is -2.27. The Morgan fingerprint density at radius 2 is 2.07 bits per heavy atom. The van der Waals surface area contributed by atoms with Crippen molar-refractivity contribution in [3.8, 4) is 0 Å². The second-order valence-corrected chi connectivity index (χ2v) is 10.0. The van der Waals surface area contributed by atoms with Crippen LogP contribution in [0.2, 0.25) is 0 Å². The molecule has 1 aromatic heterocycles. The Bertz CT molecular complexity index is 1500. The highest BCUT2D eigenvalue weighted by atomic mass is 16.6. The molecule has 0 bridgehead atoms. The lowest BCUT2D eigenvalue weighted by Crippen LogP contribution is -2.44. The van der Waals surface area contributed by atoms with Crippen molar-refractivity contribution in [1.82, 2.24) is 15.0 Å². The summed E-state index contributed by atoms with van der Waals surface area (Å²) < 4.78 is 6.67. The lowest BCUT2D eigenvalue weighted by molar-refractivity contribution is -0.385. The number of hydrogen-bond donors (Lipinski definition) is 2. The molecule has 2 amide bonds. The van der Waals surface area contributed by atoms with Gasteiger partial charge < -0.3 is 19.8 Å². The predicted molar refractivity (Wildman–Crippen MR) is 147 cm³/mol. The number of rotatable bonds is 11. The number of cyclic esters (lactones) is 1. The molecule has 41 heavy (non-hydrogen) atoms. The van der Waals surface area contributed by atoms with Crippen molar-refractivity contribution in [3.05, 3.63) is 87.7 Å². The number of nitro groups is 1. The standard InChI is InChI=1S/C28H30N6O7/c1-19(5-2-3-11-31-18-21(10-13-35)29-30-31)28(38)24-16-23(34(39)40)8-9-25(24)33(26(28)36)17-20-6-4-7-22(15-20)32-12-14-41-27(32)37/h2,4-9,15-16,18-19,35,38H,3,10-14,17H2,1H3/b5-2+/t19-,28+/m0/s1. The van der Waals surface area contributed by atoms with Crippen LogP contribution >= 0.6 is 0 Å². The Balaban J connectivity index is 1.38. The SMILES string of the molecule is C[C@@H](/C=C/CCn1cc(CCO)nn1)[C@]1(O)C(=O)N(Cc2cccc(N3CCOC3=O)c2)c2ccc([N+](=O)[O-])cc21. The van der Waals surface area contributed by atoms with Crippen molar-refractivity contribution in [3.63, 3.8) is 0 Å². The molecule has 2 aliphatic heterocycles. The maximum atomic E-state index is 13.9. The van der Waals surface area contributed by atoms with E-state index in [2.05, 4.69) is 10.3 Å². The average Bonchev–Trinajstić information content (AvgIpc) is 3.66. The topological polar surface area (TPSA) is 164 Å². The van der Waals surface area contributed by atoms with Crippen LogP contribution < -0.4 is 9.80 Å². The number of aliphatic hydroxyl groups excluding tert-OH is 1. The molecule has 2 atom stereocenters. The molecule has 0 radical (unpaired) electrons. The van der Waals surface area contributed by atoms with E-state index in [-0.39, 0.29) is 24.4 Å². The van der Waals surface area contributed by atoms with E-state index in [4.69, 9.17) is 9.84 Å². The van der Waals surface area contributed by atoms with Crippen LogP contribution in [0.5, 0.6) is 0 Å². The van der Waals surface area contributed by atoms with Crippen LogP contribution in [0.3, 0.4) is 0 Å². The van der Waals surface area contributed by atoms with Gasteiger partial charge in [-0.25, -0.2) is 4.79 Å². The monoisotopic (exact) mass is 562 g/mol. The van der Waals surface area contributed by atoms with Gasteiger partial charge >= 0.3 is 6.09 Å². The van der Waals surface area contributed by atoms with Crippen LogP contribution in [0.15, 0.2) is 60.8 Å². The van der Waals surface area contributed by atoms with Gasteiger partial charge in [0.15, 0.2) is 5.60 Å². The Labute approximate surface area is 235 Å². The number of allylic oxidation sites excluding steroid dienone is 1. The Kier molecular flexibility index (Phi) is 7.81. The van der Waals surface area contributed by atoms with Crippen LogP contribution in [0.25, 0.3) is 0 Å². The van der Waals surface area contributed by atoms with E-state index in [1.807, 2.05) is 6.08 Å². The lowest BCUT2D eigenvalue weighted by atomic mass is 9.82. The number of aromatic nitrogens is 3. The molecule has 5 rings (SSSR count).